The molecule has 1 nitrogen and oxygen atoms in total. The lowest BCUT2D eigenvalue weighted by Crippen LogP contribution is -2.54. The summed E-state index contributed by atoms with van der Waals surface area (Å²) in [4.78, 5) is 13.0. The van der Waals surface area contributed by atoms with Crippen LogP contribution in [0, 0.1) is 41.4 Å². The third-order valence-electron chi connectivity index (χ3n) is 7.09. The Balaban J connectivity index is 1.57. The number of carbonyl (C=O) groups excluding carboxylic acids is 1. The van der Waals surface area contributed by atoms with Crippen LogP contribution in [0.5, 0.6) is 0 Å². The lowest BCUT2D eigenvalue weighted by atomic mass is 9.48. The van der Waals surface area contributed by atoms with E-state index in [1.54, 1.807) is 0 Å². The summed E-state index contributed by atoms with van der Waals surface area (Å²) in [5.74, 6) is 5.07. The second kappa shape index (κ2) is 4.44. The molecular formula is C21H22O. The maximum absolute atomic E-state index is 13.0. The van der Waals surface area contributed by atoms with Gasteiger partial charge in [0.1, 0.15) is 5.78 Å². The highest BCUT2D eigenvalue weighted by atomic mass is 16.1. The molecule has 4 aliphatic carbocycles. The van der Waals surface area contributed by atoms with E-state index in [4.69, 9.17) is 0 Å². The maximum Gasteiger partial charge on any atom is 0.137 e. The Morgan fingerprint density at radius 3 is 2.64 bits per heavy atom. The topological polar surface area (TPSA) is 17.1 Å². The van der Waals surface area contributed by atoms with Crippen LogP contribution >= 0.6 is 0 Å². The standard InChI is InChI=1S/C21H22O/c1-2-14-16-10-13-8-9-15(12-6-4-3-5-7-12)21-18(22)11-17(14)20(16)19(13)21/h2-9,13-17,19-21H,1,10-11H2/t13-,14+,15+,16+,17-,19+,20+,21-/m1/s1. The van der Waals surface area contributed by atoms with Gasteiger partial charge in [-0.25, -0.2) is 0 Å². The Bertz CT molecular complexity index is 658. The summed E-state index contributed by atoms with van der Waals surface area (Å²) in [5.41, 5.74) is 1.32. The van der Waals surface area contributed by atoms with E-state index in [9.17, 15) is 4.79 Å². The fourth-order valence-electron chi connectivity index (χ4n) is 6.38. The van der Waals surface area contributed by atoms with Crippen molar-refractivity contribution in [2.45, 2.75) is 18.8 Å². The zero-order chi connectivity index (χ0) is 14.8. The van der Waals surface area contributed by atoms with E-state index in [-0.39, 0.29) is 5.92 Å². The van der Waals surface area contributed by atoms with Crippen molar-refractivity contribution in [3.63, 3.8) is 0 Å². The Labute approximate surface area is 132 Å². The van der Waals surface area contributed by atoms with Crippen molar-refractivity contribution in [1.82, 2.24) is 0 Å². The minimum atomic E-state index is 0.231. The number of benzene rings is 1. The predicted molar refractivity (Wildman–Crippen MR) is 87.2 cm³/mol. The van der Waals surface area contributed by atoms with Crippen LogP contribution in [0.4, 0.5) is 0 Å². The van der Waals surface area contributed by atoms with Crippen LogP contribution in [-0.4, -0.2) is 5.78 Å². The largest absolute Gasteiger partial charge is 0.299 e. The molecule has 0 radical (unpaired) electrons. The van der Waals surface area contributed by atoms with Gasteiger partial charge in [-0.2, -0.15) is 0 Å². The summed E-state index contributed by atoms with van der Waals surface area (Å²) in [7, 11) is 0. The first-order valence-electron chi connectivity index (χ1n) is 8.68. The number of carbonyl (C=O) groups is 1. The van der Waals surface area contributed by atoms with Gasteiger partial charge in [-0.15, -0.1) is 6.58 Å². The third-order valence-corrected chi connectivity index (χ3v) is 7.09. The van der Waals surface area contributed by atoms with Gasteiger partial charge in [0.2, 0.25) is 0 Å². The van der Waals surface area contributed by atoms with Crippen molar-refractivity contribution >= 4 is 5.78 Å². The highest BCUT2D eigenvalue weighted by molar-refractivity contribution is 5.85. The summed E-state index contributed by atoms with van der Waals surface area (Å²) in [5, 5.41) is 0. The first-order valence-corrected chi connectivity index (χ1v) is 8.68. The molecule has 0 N–H and O–H groups in total. The van der Waals surface area contributed by atoms with E-state index < -0.39 is 0 Å². The van der Waals surface area contributed by atoms with E-state index in [1.165, 1.54) is 12.0 Å². The molecule has 3 saturated carbocycles. The lowest BCUT2D eigenvalue weighted by molar-refractivity contribution is -0.141. The molecule has 3 fully saturated rings. The average molecular weight is 290 g/mol. The van der Waals surface area contributed by atoms with Gasteiger partial charge in [0.15, 0.2) is 0 Å². The second-order valence-corrected chi connectivity index (χ2v) is 7.71. The fourth-order valence-corrected chi connectivity index (χ4v) is 6.38. The van der Waals surface area contributed by atoms with E-state index >= 15 is 0 Å². The molecule has 0 amide bonds. The molecule has 5 rings (SSSR count). The van der Waals surface area contributed by atoms with Crippen LogP contribution in [0.15, 0.2) is 55.1 Å². The molecule has 1 aromatic carbocycles. The molecule has 0 bridgehead atoms. The third kappa shape index (κ3) is 1.47. The van der Waals surface area contributed by atoms with Gasteiger partial charge >= 0.3 is 0 Å². The molecule has 4 aliphatic rings. The van der Waals surface area contributed by atoms with Crippen molar-refractivity contribution in [1.29, 1.82) is 0 Å². The van der Waals surface area contributed by atoms with E-state index in [0.717, 1.165) is 18.3 Å². The molecule has 0 saturated heterocycles. The Kier molecular flexibility index (Phi) is 2.60. The number of Topliss-reactive ketones (excluding diaryl/α,β-unsaturated/α-hetero) is 1. The van der Waals surface area contributed by atoms with E-state index in [0.29, 0.717) is 35.4 Å². The van der Waals surface area contributed by atoms with Gasteiger partial charge in [0.25, 0.3) is 0 Å². The number of hydrogen-bond donors (Lipinski definition) is 0. The molecule has 8 atom stereocenters. The van der Waals surface area contributed by atoms with Crippen LogP contribution in [0.3, 0.4) is 0 Å². The van der Waals surface area contributed by atoms with Gasteiger partial charge < -0.3 is 0 Å². The average Bonchev–Trinajstić information content (AvgIpc) is 2.88. The van der Waals surface area contributed by atoms with Crippen molar-refractivity contribution in [3.8, 4) is 0 Å². The molecular weight excluding hydrogens is 268 g/mol. The summed E-state index contributed by atoms with van der Waals surface area (Å²) in [6.45, 7) is 4.03. The van der Waals surface area contributed by atoms with Gasteiger partial charge in [0.05, 0.1) is 0 Å². The Morgan fingerprint density at radius 2 is 1.86 bits per heavy atom. The van der Waals surface area contributed by atoms with E-state index in [2.05, 4.69) is 55.1 Å². The van der Waals surface area contributed by atoms with Crippen molar-refractivity contribution in [3.05, 3.63) is 60.7 Å². The molecule has 0 aromatic heterocycles. The van der Waals surface area contributed by atoms with E-state index in [1.807, 2.05) is 0 Å². The lowest BCUT2D eigenvalue weighted by Gasteiger charge is -2.55. The fraction of sp³-hybridized carbons (Fsp3) is 0.476. The van der Waals surface area contributed by atoms with Crippen molar-refractivity contribution in [2.24, 2.45) is 41.4 Å². The number of allylic oxidation sites excluding steroid dienone is 3. The second-order valence-electron chi connectivity index (χ2n) is 7.71. The zero-order valence-corrected chi connectivity index (χ0v) is 12.8. The summed E-state index contributed by atoms with van der Waals surface area (Å²) >= 11 is 0. The van der Waals surface area contributed by atoms with Crippen LogP contribution in [0.1, 0.15) is 24.3 Å². The molecule has 0 heterocycles. The van der Waals surface area contributed by atoms with Crippen LogP contribution in [0.25, 0.3) is 0 Å². The number of hydrogen-bond acceptors (Lipinski definition) is 1. The summed E-state index contributed by atoms with van der Waals surface area (Å²) in [6.07, 6.45) is 8.99. The van der Waals surface area contributed by atoms with Crippen LogP contribution in [0.2, 0.25) is 0 Å². The quantitative estimate of drug-likeness (QED) is 0.745. The van der Waals surface area contributed by atoms with Crippen molar-refractivity contribution < 1.29 is 4.79 Å². The molecule has 0 unspecified atom stereocenters. The van der Waals surface area contributed by atoms with Gasteiger partial charge in [0, 0.05) is 18.3 Å². The van der Waals surface area contributed by atoms with Crippen LogP contribution < -0.4 is 0 Å². The summed E-state index contributed by atoms with van der Waals surface area (Å²) in [6, 6.07) is 10.6. The van der Waals surface area contributed by atoms with Gasteiger partial charge in [-0.3, -0.25) is 4.79 Å². The normalized spacial score (nSPS) is 47.7. The Hall–Kier alpha value is -1.63. The first kappa shape index (κ1) is 12.9. The zero-order valence-electron chi connectivity index (χ0n) is 12.8. The smallest absolute Gasteiger partial charge is 0.137 e. The number of ketones is 1. The highest BCUT2D eigenvalue weighted by Gasteiger charge is 2.65. The molecule has 0 aliphatic heterocycles. The monoisotopic (exact) mass is 290 g/mol. The minimum Gasteiger partial charge on any atom is -0.299 e. The SMILES string of the molecule is C=C[C@@H]1[C@H]2CC(=O)[C@@H]3[C@@H]4[C@H]2[C@H]1C[C@H]4C=C[C@H]3c1ccccc1. The highest BCUT2D eigenvalue weighted by Crippen LogP contribution is 2.68. The van der Waals surface area contributed by atoms with Crippen molar-refractivity contribution in [2.75, 3.05) is 0 Å². The predicted octanol–water partition coefficient (Wildman–Crippen LogP) is 4.23. The first-order chi connectivity index (χ1) is 10.8. The molecule has 22 heavy (non-hydrogen) atoms. The summed E-state index contributed by atoms with van der Waals surface area (Å²) < 4.78 is 0. The molecule has 0 spiro atoms. The molecule has 1 heteroatoms. The maximum atomic E-state index is 13.0. The van der Waals surface area contributed by atoms with Gasteiger partial charge in [-0.05, 0) is 47.5 Å². The molecule has 1 aromatic rings. The Morgan fingerprint density at radius 1 is 1.05 bits per heavy atom. The minimum absolute atomic E-state index is 0.231. The molecule has 112 valence electrons. The van der Waals surface area contributed by atoms with Crippen LogP contribution in [-0.2, 0) is 4.79 Å². The number of rotatable bonds is 2. The van der Waals surface area contributed by atoms with Gasteiger partial charge in [-0.1, -0.05) is 48.6 Å².